The van der Waals surface area contributed by atoms with Crippen molar-refractivity contribution < 1.29 is 14.4 Å². The molecule has 1 rings (SSSR count). The SMILES string of the molecule is CC(C)Oc1cc(CO)on1. The van der Waals surface area contributed by atoms with E-state index in [1.807, 2.05) is 13.8 Å². The Bertz CT molecular complexity index is 219. The molecule has 1 heterocycles. The van der Waals surface area contributed by atoms with Gasteiger partial charge in [0, 0.05) is 6.07 Å². The van der Waals surface area contributed by atoms with E-state index in [0.717, 1.165) is 0 Å². The van der Waals surface area contributed by atoms with Crippen LogP contribution in [0, 0.1) is 0 Å². The van der Waals surface area contributed by atoms with Gasteiger partial charge >= 0.3 is 0 Å². The van der Waals surface area contributed by atoms with Crippen molar-refractivity contribution in [2.75, 3.05) is 0 Å². The Morgan fingerprint density at radius 1 is 1.73 bits per heavy atom. The topological polar surface area (TPSA) is 55.5 Å². The summed E-state index contributed by atoms with van der Waals surface area (Å²) in [5.41, 5.74) is 0. The molecule has 0 saturated heterocycles. The van der Waals surface area contributed by atoms with Gasteiger partial charge in [0.2, 0.25) is 0 Å². The van der Waals surface area contributed by atoms with E-state index < -0.39 is 0 Å². The standard InChI is InChI=1S/C7H11NO3/c1-5(2)10-7-3-6(4-9)11-8-7/h3,5,9H,4H2,1-2H3. The number of rotatable bonds is 3. The molecule has 1 N–H and O–H groups in total. The summed E-state index contributed by atoms with van der Waals surface area (Å²) in [5, 5.41) is 12.2. The van der Waals surface area contributed by atoms with E-state index in [0.29, 0.717) is 11.6 Å². The quantitative estimate of drug-likeness (QED) is 0.709. The average molecular weight is 157 g/mol. The van der Waals surface area contributed by atoms with Gasteiger partial charge in [-0.1, -0.05) is 0 Å². The van der Waals surface area contributed by atoms with Gasteiger partial charge in [-0.3, -0.25) is 0 Å². The van der Waals surface area contributed by atoms with Gasteiger partial charge in [-0.15, -0.1) is 0 Å². The summed E-state index contributed by atoms with van der Waals surface area (Å²) in [7, 11) is 0. The Morgan fingerprint density at radius 2 is 2.45 bits per heavy atom. The van der Waals surface area contributed by atoms with Crippen molar-refractivity contribution >= 4 is 0 Å². The largest absolute Gasteiger partial charge is 0.473 e. The number of hydrogen-bond donors (Lipinski definition) is 1. The van der Waals surface area contributed by atoms with Gasteiger partial charge in [0.05, 0.1) is 6.10 Å². The van der Waals surface area contributed by atoms with E-state index in [9.17, 15) is 0 Å². The summed E-state index contributed by atoms with van der Waals surface area (Å²) in [6.07, 6.45) is 0.0756. The summed E-state index contributed by atoms with van der Waals surface area (Å²) >= 11 is 0. The lowest BCUT2D eigenvalue weighted by Crippen LogP contribution is -2.05. The van der Waals surface area contributed by atoms with E-state index in [1.165, 1.54) is 0 Å². The Morgan fingerprint density at radius 3 is 2.91 bits per heavy atom. The Kier molecular flexibility index (Phi) is 2.48. The zero-order valence-electron chi connectivity index (χ0n) is 6.57. The predicted octanol–water partition coefficient (Wildman–Crippen LogP) is 0.954. The first-order valence-electron chi connectivity index (χ1n) is 3.45. The van der Waals surface area contributed by atoms with Crippen LogP contribution in [0.4, 0.5) is 0 Å². The van der Waals surface area contributed by atoms with Crippen LogP contribution in [0.2, 0.25) is 0 Å². The van der Waals surface area contributed by atoms with Gasteiger partial charge in [0.1, 0.15) is 6.61 Å². The fourth-order valence-electron chi connectivity index (χ4n) is 0.666. The number of aliphatic hydroxyl groups is 1. The zero-order chi connectivity index (χ0) is 8.27. The summed E-state index contributed by atoms with van der Waals surface area (Å²) in [6, 6.07) is 1.57. The zero-order valence-corrected chi connectivity index (χ0v) is 6.57. The second-order valence-electron chi connectivity index (χ2n) is 2.46. The Labute approximate surface area is 64.8 Å². The number of ether oxygens (including phenoxy) is 1. The van der Waals surface area contributed by atoms with Gasteiger partial charge < -0.3 is 14.4 Å². The summed E-state index contributed by atoms with van der Waals surface area (Å²) in [5.74, 6) is 0.838. The Hall–Kier alpha value is -1.03. The van der Waals surface area contributed by atoms with Crippen LogP contribution in [0.5, 0.6) is 5.88 Å². The number of hydrogen-bond acceptors (Lipinski definition) is 4. The van der Waals surface area contributed by atoms with E-state index in [-0.39, 0.29) is 12.7 Å². The second-order valence-corrected chi connectivity index (χ2v) is 2.46. The smallest absolute Gasteiger partial charge is 0.254 e. The number of nitrogens with zero attached hydrogens (tertiary/aromatic N) is 1. The molecule has 62 valence electrons. The average Bonchev–Trinajstić information content (AvgIpc) is 2.34. The van der Waals surface area contributed by atoms with Crippen LogP contribution < -0.4 is 4.74 Å². The molecule has 0 amide bonds. The minimum absolute atomic E-state index is 0.0756. The molecule has 0 saturated carbocycles. The molecule has 0 aliphatic heterocycles. The molecule has 0 atom stereocenters. The molecule has 0 unspecified atom stereocenters. The lowest BCUT2D eigenvalue weighted by molar-refractivity contribution is 0.205. The molecular weight excluding hydrogens is 146 g/mol. The van der Waals surface area contributed by atoms with E-state index in [2.05, 4.69) is 9.68 Å². The summed E-state index contributed by atoms with van der Waals surface area (Å²) < 4.78 is 9.87. The van der Waals surface area contributed by atoms with Crippen molar-refractivity contribution in [3.63, 3.8) is 0 Å². The third-order valence-corrected chi connectivity index (χ3v) is 1.05. The molecule has 11 heavy (non-hydrogen) atoms. The second kappa shape index (κ2) is 3.39. The molecule has 1 aromatic heterocycles. The van der Waals surface area contributed by atoms with Gasteiger partial charge in [-0.25, -0.2) is 0 Å². The molecule has 1 aromatic rings. The summed E-state index contributed by atoms with van der Waals surface area (Å²) in [6.45, 7) is 3.65. The fourth-order valence-corrected chi connectivity index (χ4v) is 0.666. The lowest BCUT2D eigenvalue weighted by atomic mass is 10.4. The van der Waals surface area contributed by atoms with E-state index in [4.69, 9.17) is 9.84 Å². The van der Waals surface area contributed by atoms with E-state index in [1.54, 1.807) is 6.07 Å². The normalized spacial score (nSPS) is 10.5. The maximum absolute atomic E-state index is 8.60. The van der Waals surface area contributed by atoms with Gasteiger partial charge in [-0.2, -0.15) is 0 Å². The third kappa shape index (κ3) is 2.23. The van der Waals surface area contributed by atoms with Crippen molar-refractivity contribution in [2.24, 2.45) is 0 Å². The molecule has 0 aromatic carbocycles. The highest BCUT2D eigenvalue weighted by atomic mass is 16.5. The highest BCUT2D eigenvalue weighted by Gasteiger charge is 2.04. The van der Waals surface area contributed by atoms with Crippen LogP contribution >= 0.6 is 0 Å². The molecule has 0 aliphatic carbocycles. The first-order chi connectivity index (χ1) is 5.22. The number of aliphatic hydroxyl groups excluding tert-OH is 1. The monoisotopic (exact) mass is 157 g/mol. The Balaban J connectivity index is 2.58. The minimum Gasteiger partial charge on any atom is -0.473 e. The molecule has 0 fully saturated rings. The molecule has 0 spiro atoms. The number of aromatic nitrogens is 1. The lowest BCUT2D eigenvalue weighted by Gasteiger charge is -2.02. The molecule has 0 bridgehead atoms. The van der Waals surface area contributed by atoms with Crippen molar-refractivity contribution in [3.05, 3.63) is 11.8 Å². The molecule has 4 nitrogen and oxygen atoms in total. The van der Waals surface area contributed by atoms with Crippen LogP contribution in [0.25, 0.3) is 0 Å². The minimum atomic E-state index is -0.144. The summed E-state index contributed by atoms with van der Waals surface area (Å²) in [4.78, 5) is 0. The maximum Gasteiger partial charge on any atom is 0.254 e. The van der Waals surface area contributed by atoms with E-state index >= 15 is 0 Å². The van der Waals surface area contributed by atoms with Crippen LogP contribution in [0.1, 0.15) is 19.6 Å². The molecule has 0 radical (unpaired) electrons. The van der Waals surface area contributed by atoms with Crippen LogP contribution in [0.15, 0.2) is 10.6 Å². The van der Waals surface area contributed by atoms with Crippen molar-refractivity contribution in [3.8, 4) is 5.88 Å². The highest BCUT2D eigenvalue weighted by molar-refractivity contribution is 5.10. The first-order valence-corrected chi connectivity index (χ1v) is 3.45. The predicted molar refractivity (Wildman–Crippen MR) is 38.2 cm³/mol. The van der Waals surface area contributed by atoms with Gasteiger partial charge in [0.25, 0.3) is 5.88 Å². The van der Waals surface area contributed by atoms with Crippen LogP contribution in [-0.2, 0) is 6.61 Å². The van der Waals surface area contributed by atoms with Crippen molar-refractivity contribution in [1.82, 2.24) is 5.16 Å². The molecule has 0 aliphatic rings. The fraction of sp³-hybridized carbons (Fsp3) is 0.571. The third-order valence-electron chi connectivity index (χ3n) is 1.05. The van der Waals surface area contributed by atoms with Crippen molar-refractivity contribution in [2.45, 2.75) is 26.6 Å². The van der Waals surface area contributed by atoms with Gasteiger partial charge in [0.15, 0.2) is 5.76 Å². The molecule has 4 heteroatoms. The van der Waals surface area contributed by atoms with Gasteiger partial charge in [-0.05, 0) is 19.0 Å². The van der Waals surface area contributed by atoms with Crippen LogP contribution in [-0.4, -0.2) is 16.4 Å². The maximum atomic E-state index is 8.60. The highest BCUT2D eigenvalue weighted by Crippen LogP contribution is 2.12. The first kappa shape index (κ1) is 8.07. The molecular formula is C7H11NO3. The van der Waals surface area contributed by atoms with Crippen LogP contribution in [0.3, 0.4) is 0 Å². The van der Waals surface area contributed by atoms with Crippen molar-refractivity contribution in [1.29, 1.82) is 0 Å².